The molecule has 9 rings (SSSR count). The Morgan fingerprint density at radius 3 is 2.11 bits per heavy atom. The van der Waals surface area contributed by atoms with Crippen molar-refractivity contribution in [3.8, 4) is 28.1 Å². The van der Waals surface area contributed by atoms with Crippen molar-refractivity contribution in [3.05, 3.63) is 163 Å². The van der Waals surface area contributed by atoms with Crippen molar-refractivity contribution in [1.29, 1.82) is 0 Å². The molecular weight excluding hydrogens is 558 g/mol. The number of benzene rings is 6. The Hall–Kier alpha value is -5.93. The van der Waals surface area contributed by atoms with E-state index in [1.807, 2.05) is 0 Å². The first kappa shape index (κ1) is 26.5. The van der Waals surface area contributed by atoms with E-state index in [4.69, 9.17) is 4.98 Å². The minimum absolute atomic E-state index is 0.793. The van der Waals surface area contributed by atoms with E-state index in [0.29, 0.717) is 0 Å². The van der Waals surface area contributed by atoms with Gasteiger partial charge in [-0.25, -0.2) is 4.98 Å². The number of rotatable bonds is 4. The summed E-state index contributed by atoms with van der Waals surface area (Å²) in [5.74, 6) is 0. The zero-order valence-electron chi connectivity index (χ0n) is 25.5. The molecule has 2 aromatic heterocycles. The first-order chi connectivity index (χ1) is 22.7. The number of dihydropyridines is 1. The molecule has 3 heteroatoms. The molecule has 8 aromatic rings. The highest BCUT2D eigenvalue weighted by atomic mass is 15.0. The summed E-state index contributed by atoms with van der Waals surface area (Å²) in [6.07, 6.45) is 4.29. The lowest BCUT2D eigenvalue weighted by molar-refractivity contribution is 0.899. The molecule has 0 fully saturated rings. The highest BCUT2D eigenvalue weighted by molar-refractivity contribution is 6.19. The van der Waals surface area contributed by atoms with Gasteiger partial charge in [-0.1, -0.05) is 103 Å². The van der Waals surface area contributed by atoms with E-state index in [9.17, 15) is 0 Å². The maximum Gasteiger partial charge on any atom is 0.0709 e. The summed E-state index contributed by atoms with van der Waals surface area (Å²) >= 11 is 0. The number of hydrogen-bond donors (Lipinski definition) is 1. The van der Waals surface area contributed by atoms with Gasteiger partial charge < -0.3 is 9.88 Å². The summed E-state index contributed by atoms with van der Waals surface area (Å²) in [5, 5.41) is 10.9. The molecule has 46 heavy (non-hydrogen) atoms. The number of hydrogen-bond acceptors (Lipinski definition) is 2. The predicted octanol–water partition coefficient (Wildman–Crippen LogP) is 10.7. The van der Waals surface area contributed by atoms with Gasteiger partial charge in [-0.15, -0.1) is 0 Å². The Balaban J connectivity index is 1.23. The average Bonchev–Trinajstić information content (AvgIpc) is 3.46. The zero-order chi connectivity index (χ0) is 30.6. The Labute approximate surface area is 267 Å². The summed E-state index contributed by atoms with van der Waals surface area (Å²) < 4.78 is 2.44. The number of fused-ring (bicyclic) bond motifs is 6. The molecule has 0 unspecified atom stereocenters. The van der Waals surface area contributed by atoms with E-state index in [1.165, 1.54) is 65.7 Å². The summed E-state index contributed by atoms with van der Waals surface area (Å²) in [6, 6.07) is 50.6. The van der Waals surface area contributed by atoms with Crippen LogP contribution in [0.15, 0.2) is 157 Å². The molecule has 0 atom stereocenters. The molecule has 0 saturated carbocycles. The minimum Gasteiger partial charge on any atom is -0.384 e. The number of nitrogens with one attached hydrogen (secondary N) is 1. The van der Waals surface area contributed by atoms with E-state index < -0.39 is 0 Å². The maximum absolute atomic E-state index is 5.08. The maximum atomic E-state index is 5.08. The Morgan fingerprint density at radius 1 is 0.543 bits per heavy atom. The molecule has 218 valence electrons. The topological polar surface area (TPSA) is 29.9 Å². The van der Waals surface area contributed by atoms with Crippen molar-refractivity contribution < 1.29 is 0 Å². The summed E-state index contributed by atoms with van der Waals surface area (Å²) in [5.41, 5.74) is 11.5. The van der Waals surface area contributed by atoms with Gasteiger partial charge in [-0.2, -0.15) is 0 Å². The van der Waals surface area contributed by atoms with Gasteiger partial charge >= 0.3 is 0 Å². The molecule has 1 N–H and O–H groups in total. The molecule has 3 nitrogen and oxygen atoms in total. The third-order valence-electron chi connectivity index (χ3n) is 9.31. The molecular formula is C43H31N3. The number of pyridine rings is 1. The predicted molar refractivity (Wildman–Crippen MR) is 194 cm³/mol. The van der Waals surface area contributed by atoms with Gasteiger partial charge in [-0.3, -0.25) is 0 Å². The number of allylic oxidation sites excluding steroid dienone is 3. The van der Waals surface area contributed by atoms with Crippen LogP contribution in [0.3, 0.4) is 0 Å². The van der Waals surface area contributed by atoms with Crippen LogP contribution in [-0.2, 0) is 0 Å². The Bertz CT molecular complexity index is 2530. The molecule has 6 aromatic carbocycles. The monoisotopic (exact) mass is 589 g/mol. The molecule has 0 radical (unpaired) electrons. The third kappa shape index (κ3) is 4.40. The first-order valence-corrected chi connectivity index (χ1v) is 15.8. The third-order valence-corrected chi connectivity index (χ3v) is 9.31. The second-order valence-electron chi connectivity index (χ2n) is 12.2. The Kier molecular flexibility index (Phi) is 6.10. The molecule has 0 amide bonds. The van der Waals surface area contributed by atoms with Crippen LogP contribution in [0.1, 0.15) is 12.6 Å². The Morgan fingerprint density at radius 2 is 1.24 bits per heavy atom. The van der Waals surface area contributed by atoms with E-state index in [2.05, 4.69) is 168 Å². The summed E-state index contributed by atoms with van der Waals surface area (Å²) in [4.78, 5) is 5.08. The van der Waals surface area contributed by atoms with E-state index in [0.717, 1.165) is 29.2 Å². The number of nitrogens with zero attached hydrogens (tertiary/aromatic N) is 2. The highest BCUT2D eigenvalue weighted by Gasteiger charge is 2.17. The van der Waals surface area contributed by atoms with Crippen LogP contribution in [0.4, 0.5) is 0 Å². The van der Waals surface area contributed by atoms with E-state index in [-0.39, 0.29) is 0 Å². The van der Waals surface area contributed by atoms with Crippen molar-refractivity contribution in [3.63, 3.8) is 0 Å². The summed E-state index contributed by atoms with van der Waals surface area (Å²) in [6.45, 7) is 2.88. The van der Waals surface area contributed by atoms with Crippen molar-refractivity contribution in [2.24, 2.45) is 0 Å². The van der Waals surface area contributed by atoms with Crippen LogP contribution in [0.25, 0.3) is 77.0 Å². The smallest absolute Gasteiger partial charge is 0.0709 e. The molecule has 0 spiro atoms. The van der Waals surface area contributed by atoms with Crippen LogP contribution < -0.4 is 5.32 Å². The lowest BCUT2D eigenvalue weighted by Crippen LogP contribution is -2.17. The van der Waals surface area contributed by atoms with Crippen LogP contribution in [0.2, 0.25) is 0 Å². The van der Waals surface area contributed by atoms with Gasteiger partial charge in [0.15, 0.2) is 0 Å². The molecule has 3 heterocycles. The molecule has 0 bridgehead atoms. The van der Waals surface area contributed by atoms with Gasteiger partial charge in [0, 0.05) is 39.7 Å². The van der Waals surface area contributed by atoms with Crippen LogP contribution in [-0.4, -0.2) is 16.1 Å². The second kappa shape index (κ2) is 10.6. The normalized spacial score (nSPS) is 13.2. The van der Waals surface area contributed by atoms with E-state index in [1.54, 1.807) is 0 Å². The molecule has 1 aliphatic heterocycles. The fraction of sp³-hybridized carbons (Fsp3) is 0.0465. The molecule has 1 aliphatic rings. The van der Waals surface area contributed by atoms with Crippen LogP contribution in [0, 0.1) is 0 Å². The largest absolute Gasteiger partial charge is 0.384 e. The highest BCUT2D eigenvalue weighted by Crippen LogP contribution is 2.39. The number of aromatic nitrogens is 2. The molecule has 0 saturated heterocycles. The SMILES string of the molecule is CC1=CC=C(c2cccc(-c3ccc4c(ccc5c6ccc(-c7ccc8ccccc8c7)cc6n(-c6ccccc6)c45)c3)n2)CN1. The van der Waals surface area contributed by atoms with Crippen LogP contribution in [0.5, 0.6) is 0 Å². The van der Waals surface area contributed by atoms with Gasteiger partial charge in [0.1, 0.15) is 0 Å². The lowest BCUT2D eigenvalue weighted by atomic mass is 9.99. The van der Waals surface area contributed by atoms with Crippen molar-refractivity contribution in [2.75, 3.05) is 6.54 Å². The van der Waals surface area contributed by atoms with E-state index >= 15 is 0 Å². The minimum atomic E-state index is 0.793. The summed E-state index contributed by atoms with van der Waals surface area (Å²) in [7, 11) is 0. The van der Waals surface area contributed by atoms with Gasteiger partial charge in [0.05, 0.1) is 22.4 Å². The fourth-order valence-corrected chi connectivity index (χ4v) is 6.92. The number of para-hydroxylation sites is 1. The first-order valence-electron chi connectivity index (χ1n) is 15.8. The zero-order valence-corrected chi connectivity index (χ0v) is 25.5. The van der Waals surface area contributed by atoms with Gasteiger partial charge in [0.25, 0.3) is 0 Å². The standard InChI is InChI=1S/C43H31N3/c1-28-14-15-35(27-44-28)41-13-7-12-40(45-41)34-20-21-37-33(25-34)19-23-39-38-22-18-32(31-17-16-29-8-5-6-9-30(29)24-31)26-42(38)46(43(37)39)36-10-3-2-4-11-36/h2-26,44H,27H2,1H3. The second-order valence-corrected chi connectivity index (χ2v) is 12.2. The van der Waals surface area contributed by atoms with Crippen molar-refractivity contribution >= 4 is 48.9 Å². The van der Waals surface area contributed by atoms with Crippen LogP contribution >= 0.6 is 0 Å². The van der Waals surface area contributed by atoms with Gasteiger partial charge in [0.2, 0.25) is 0 Å². The quantitative estimate of drug-likeness (QED) is 0.221. The lowest BCUT2D eigenvalue weighted by Gasteiger charge is -2.15. The van der Waals surface area contributed by atoms with Crippen molar-refractivity contribution in [2.45, 2.75) is 6.92 Å². The fourth-order valence-electron chi connectivity index (χ4n) is 6.92. The average molecular weight is 590 g/mol. The van der Waals surface area contributed by atoms with Crippen molar-refractivity contribution in [1.82, 2.24) is 14.9 Å². The van der Waals surface area contributed by atoms with Gasteiger partial charge in [-0.05, 0) is 88.3 Å². The molecule has 0 aliphatic carbocycles.